The van der Waals surface area contributed by atoms with E-state index in [1.165, 1.54) is 4.90 Å². The molecular weight excluding hydrogens is 332 g/mol. The molecule has 26 heavy (non-hydrogen) atoms. The summed E-state index contributed by atoms with van der Waals surface area (Å²) in [6, 6.07) is 13.3. The zero-order chi connectivity index (χ0) is 18.5. The molecule has 1 aromatic carbocycles. The lowest BCUT2D eigenvalue weighted by molar-refractivity contribution is -0.132. The van der Waals surface area contributed by atoms with Crippen LogP contribution in [0.5, 0.6) is 0 Å². The summed E-state index contributed by atoms with van der Waals surface area (Å²) in [5.41, 5.74) is 1.92. The maximum atomic E-state index is 12.3. The number of rotatable bonds is 6. The van der Waals surface area contributed by atoms with Gasteiger partial charge in [0.15, 0.2) is 5.82 Å². The van der Waals surface area contributed by atoms with Gasteiger partial charge in [-0.25, -0.2) is 0 Å². The Labute approximate surface area is 151 Å². The first-order valence-electron chi connectivity index (χ1n) is 8.20. The summed E-state index contributed by atoms with van der Waals surface area (Å²) in [6.07, 6.45) is 4.16. The van der Waals surface area contributed by atoms with Crippen molar-refractivity contribution in [2.24, 2.45) is 0 Å². The van der Waals surface area contributed by atoms with Gasteiger partial charge >= 0.3 is 0 Å². The van der Waals surface area contributed by atoms with Gasteiger partial charge in [0.2, 0.25) is 11.8 Å². The van der Waals surface area contributed by atoms with Crippen molar-refractivity contribution in [3.8, 4) is 5.69 Å². The Hall–Kier alpha value is -3.35. The fraction of sp³-hybridized carbons (Fsp3) is 0.211. The third kappa shape index (κ3) is 4.38. The first kappa shape index (κ1) is 17.5. The van der Waals surface area contributed by atoms with Crippen molar-refractivity contribution in [1.29, 1.82) is 0 Å². The van der Waals surface area contributed by atoms with Gasteiger partial charge in [-0.1, -0.05) is 17.3 Å². The van der Waals surface area contributed by atoms with Crippen molar-refractivity contribution in [3.63, 3.8) is 0 Å². The second-order valence-corrected chi connectivity index (χ2v) is 6.05. The zero-order valence-corrected chi connectivity index (χ0v) is 14.7. The van der Waals surface area contributed by atoms with E-state index in [0.717, 1.165) is 11.3 Å². The number of aryl methyl sites for hydroxylation is 1. The molecule has 0 fully saturated rings. The SMILES string of the molecule is Cc1cc(NC(=O)CN(C)C(=O)Cc2ccc(-n3cccc3)cc2)no1. The smallest absolute Gasteiger partial charge is 0.245 e. The number of amides is 2. The number of anilines is 1. The van der Waals surface area contributed by atoms with Crippen molar-refractivity contribution in [2.75, 3.05) is 18.9 Å². The molecule has 2 amide bonds. The van der Waals surface area contributed by atoms with E-state index >= 15 is 0 Å². The van der Waals surface area contributed by atoms with Crippen LogP contribution in [0.25, 0.3) is 5.69 Å². The minimum atomic E-state index is -0.322. The molecule has 134 valence electrons. The summed E-state index contributed by atoms with van der Waals surface area (Å²) in [4.78, 5) is 25.7. The lowest BCUT2D eigenvalue weighted by Gasteiger charge is -2.16. The number of benzene rings is 1. The average Bonchev–Trinajstić information content (AvgIpc) is 3.27. The van der Waals surface area contributed by atoms with E-state index in [0.29, 0.717) is 11.6 Å². The van der Waals surface area contributed by atoms with E-state index in [2.05, 4.69) is 10.5 Å². The van der Waals surface area contributed by atoms with Gasteiger partial charge in [-0.2, -0.15) is 0 Å². The molecule has 2 heterocycles. The molecule has 0 aliphatic heterocycles. The monoisotopic (exact) mass is 352 g/mol. The molecule has 0 saturated carbocycles. The van der Waals surface area contributed by atoms with Crippen LogP contribution in [0.3, 0.4) is 0 Å². The van der Waals surface area contributed by atoms with Crippen LogP contribution in [-0.2, 0) is 16.0 Å². The standard InChI is InChI=1S/C19H20N4O3/c1-14-11-17(21-26-14)20-18(24)13-22(2)19(25)12-15-5-7-16(8-6-15)23-9-3-4-10-23/h3-11H,12-13H2,1-2H3,(H,20,21,24). The van der Waals surface area contributed by atoms with E-state index in [4.69, 9.17) is 4.52 Å². The molecule has 0 atom stereocenters. The lowest BCUT2D eigenvalue weighted by Crippen LogP contribution is -2.35. The molecule has 0 unspecified atom stereocenters. The van der Waals surface area contributed by atoms with Gasteiger partial charge in [0.1, 0.15) is 5.76 Å². The van der Waals surface area contributed by atoms with Crippen molar-refractivity contribution in [2.45, 2.75) is 13.3 Å². The second-order valence-electron chi connectivity index (χ2n) is 6.05. The fourth-order valence-corrected chi connectivity index (χ4v) is 2.51. The van der Waals surface area contributed by atoms with Crippen LogP contribution < -0.4 is 5.32 Å². The van der Waals surface area contributed by atoms with E-state index < -0.39 is 0 Å². The minimum absolute atomic E-state index is 0.0494. The molecule has 2 aromatic heterocycles. The Balaban J connectivity index is 1.52. The summed E-state index contributed by atoms with van der Waals surface area (Å²) < 4.78 is 6.88. The quantitative estimate of drug-likeness (QED) is 0.739. The summed E-state index contributed by atoms with van der Waals surface area (Å²) >= 11 is 0. The van der Waals surface area contributed by atoms with Crippen LogP contribution in [-0.4, -0.2) is 40.0 Å². The number of carbonyl (C=O) groups is 2. The molecular formula is C19H20N4O3. The summed E-state index contributed by atoms with van der Waals surface area (Å²) in [6.45, 7) is 1.69. The van der Waals surface area contributed by atoms with Crippen LogP contribution in [0, 0.1) is 6.92 Å². The highest BCUT2D eigenvalue weighted by molar-refractivity contribution is 5.94. The number of nitrogens with one attached hydrogen (secondary N) is 1. The minimum Gasteiger partial charge on any atom is -0.360 e. The predicted octanol–water partition coefficient (Wildman–Crippen LogP) is 2.41. The molecule has 3 aromatic rings. The topological polar surface area (TPSA) is 80.4 Å². The maximum Gasteiger partial charge on any atom is 0.245 e. The molecule has 0 spiro atoms. The largest absolute Gasteiger partial charge is 0.360 e. The Morgan fingerprint density at radius 1 is 1.19 bits per heavy atom. The van der Waals surface area contributed by atoms with Crippen molar-refractivity contribution in [1.82, 2.24) is 14.6 Å². The molecule has 1 N–H and O–H groups in total. The zero-order valence-electron chi connectivity index (χ0n) is 14.7. The van der Waals surface area contributed by atoms with Gasteiger partial charge in [0.25, 0.3) is 0 Å². The molecule has 0 saturated heterocycles. The van der Waals surface area contributed by atoms with Crippen LogP contribution in [0.1, 0.15) is 11.3 Å². The highest BCUT2D eigenvalue weighted by Crippen LogP contribution is 2.11. The van der Waals surface area contributed by atoms with Gasteiger partial charge in [-0.3, -0.25) is 9.59 Å². The Kier molecular flexibility index (Phi) is 5.17. The highest BCUT2D eigenvalue weighted by atomic mass is 16.5. The lowest BCUT2D eigenvalue weighted by atomic mass is 10.1. The second kappa shape index (κ2) is 7.69. The maximum absolute atomic E-state index is 12.3. The number of hydrogen-bond donors (Lipinski definition) is 1. The number of likely N-dealkylation sites (N-methyl/N-ethyl adjacent to an activating group) is 1. The molecule has 0 aliphatic carbocycles. The van der Waals surface area contributed by atoms with E-state index in [9.17, 15) is 9.59 Å². The first-order valence-corrected chi connectivity index (χ1v) is 8.20. The van der Waals surface area contributed by atoms with Gasteiger partial charge in [0, 0.05) is 31.2 Å². The number of hydrogen-bond acceptors (Lipinski definition) is 4. The van der Waals surface area contributed by atoms with Gasteiger partial charge in [-0.15, -0.1) is 0 Å². The Morgan fingerprint density at radius 3 is 2.50 bits per heavy atom. The van der Waals surface area contributed by atoms with Crippen molar-refractivity contribution < 1.29 is 14.1 Å². The number of carbonyl (C=O) groups excluding carboxylic acids is 2. The first-order chi connectivity index (χ1) is 12.5. The fourth-order valence-electron chi connectivity index (χ4n) is 2.51. The van der Waals surface area contributed by atoms with Crippen LogP contribution in [0.15, 0.2) is 59.4 Å². The van der Waals surface area contributed by atoms with Gasteiger partial charge in [-0.05, 0) is 36.8 Å². The summed E-state index contributed by atoms with van der Waals surface area (Å²) in [5, 5.41) is 6.29. The Morgan fingerprint density at radius 2 is 1.88 bits per heavy atom. The van der Waals surface area contributed by atoms with E-state index in [1.54, 1.807) is 20.0 Å². The van der Waals surface area contributed by atoms with Crippen molar-refractivity contribution in [3.05, 3.63) is 66.2 Å². The Bertz CT molecular complexity index is 882. The molecule has 0 aliphatic rings. The van der Waals surface area contributed by atoms with Crippen LogP contribution in [0.2, 0.25) is 0 Å². The summed E-state index contributed by atoms with van der Waals surface area (Å²) in [7, 11) is 1.60. The van der Waals surface area contributed by atoms with Gasteiger partial charge in [0.05, 0.1) is 13.0 Å². The molecule has 0 bridgehead atoms. The van der Waals surface area contributed by atoms with Crippen LogP contribution >= 0.6 is 0 Å². The molecule has 0 radical (unpaired) electrons. The molecule has 7 heteroatoms. The van der Waals surface area contributed by atoms with Crippen molar-refractivity contribution >= 4 is 17.6 Å². The molecule has 3 rings (SSSR count). The third-order valence-corrected chi connectivity index (χ3v) is 3.90. The number of aromatic nitrogens is 2. The normalized spacial score (nSPS) is 10.5. The number of nitrogens with zero attached hydrogens (tertiary/aromatic N) is 3. The predicted molar refractivity (Wildman–Crippen MR) is 97.0 cm³/mol. The van der Waals surface area contributed by atoms with Gasteiger partial charge < -0.3 is 19.3 Å². The molecule has 7 nitrogen and oxygen atoms in total. The average molecular weight is 352 g/mol. The highest BCUT2D eigenvalue weighted by Gasteiger charge is 2.14. The third-order valence-electron chi connectivity index (χ3n) is 3.90. The summed E-state index contributed by atoms with van der Waals surface area (Å²) in [5.74, 6) is 0.490. The van der Waals surface area contributed by atoms with E-state index in [-0.39, 0.29) is 24.8 Å². The van der Waals surface area contributed by atoms with Crippen LogP contribution in [0.4, 0.5) is 5.82 Å². The van der Waals surface area contributed by atoms with E-state index in [1.807, 2.05) is 53.4 Å².